The van der Waals surface area contributed by atoms with Crippen molar-refractivity contribution in [2.24, 2.45) is 10.8 Å². The van der Waals surface area contributed by atoms with E-state index in [1.165, 1.54) is 0 Å². The lowest BCUT2D eigenvalue weighted by Gasteiger charge is -2.34. The van der Waals surface area contributed by atoms with E-state index >= 15 is 0 Å². The summed E-state index contributed by atoms with van der Waals surface area (Å²) in [6.45, 7) is 14.6. The first-order valence-corrected chi connectivity index (χ1v) is 6.09. The van der Waals surface area contributed by atoms with Gasteiger partial charge in [0.25, 0.3) is 5.92 Å². The summed E-state index contributed by atoms with van der Waals surface area (Å²) in [7, 11) is 0. The highest BCUT2D eigenvalue weighted by molar-refractivity contribution is 5.02. The SMILES string of the molecule is C.CC.CC.CC1(C)CCC(C)(C)C1(F)F. The Morgan fingerprint density at radius 2 is 0.875 bits per heavy atom. The van der Waals surface area contributed by atoms with Crippen molar-refractivity contribution >= 4 is 0 Å². The van der Waals surface area contributed by atoms with Crippen LogP contribution in [-0.4, -0.2) is 5.92 Å². The van der Waals surface area contributed by atoms with E-state index in [1.54, 1.807) is 27.7 Å². The molecule has 1 rings (SSSR count). The van der Waals surface area contributed by atoms with Crippen LogP contribution >= 0.6 is 0 Å². The van der Waals surface area contributed by atoms with Crippen LogP contribution in [0, 0.1) is 10.8 Å². The van der Waals surface area contributed by atoms with Crippen LogP contribution in [-0.2, 0) is 0 Å². The molecule has 0 radical (unpaired) electrons. The molecule has 1 saturated carbocycles. The smallest absolute Gasteiger partial charge is 0.206 e. The minimum atomic E-state index is -2.51. The Morgan fingerprint density at radius 3 is 0.938 bits per heavy atom. The summed E-state index contributed by atoms with van der Waals surface area (Å²) >= 11 is 0. The summed E-state index contributed by atoms with van der Waals surface area (Å²) in [5.41, 5.74) is -1.62. The second kappa shape index (κ2) is 7.24. The van der Waals surface area contributed by atoms with Gasteiger partial charge in [-0.15, -0.1) is 0 Å². The van der Waals surface area contributed by atoms with Gasteiger partial charge in [0.05, 0.1) is 0 Å². The highest BCUT2D eigenvalue weighted by atomic mass is 19.3. The van der Waals surface area contributed by atoms with Crippen LogP contribution in [0.1, 0.15) is 75.7 Å². The average Bonchev–Trinajstić information content (AvgIpc) is 2.33. The van der Waals surface area contributed by atoms with Crippen molar-refractivity contribution in [3.63, 3.8) is 0 Å². The summed E-state index contributed by atoms with van der Waals surface area (Å²) in [5.74, 6) is -2.51. The van der Waals surface area contributed by atoms with Crippen molar-refractivity contribution in [1.82, 2.24) is 0 Å². The molecule has 16 heavy (non-hydrogen) atoms. The third kappa shape index (κ3) is 3.71. The minimum absolute atomic E-state index is 0. The highest BCUT2D eigenvalue weighted by Crippen LogP contribution is 2.59. The Morgan fingerprint density at radius 1 is 0.688 bits per heavy atom. The molecule has 1 aliphatic rings. The lowest BCUT2D eigenvalue weighted by molar-refractivity contribution is -0.147. The fourth-order valence-electron chi connectivity index (χ4n) is 1.86. The Bertz CT molecular complexity index is 152. The van der Waals surface area contributed by atoms with Gasteiger partial charge in [0.2, 0.25) is 0 Å². The number of rotatable bonds is 0. The van der Waals surface area contributed by atoms with E-state index in [2.05, 4.69) is 0 Å². The van der Waals surface area contributed by atoms with Crippen molar-refractivity contribution in [3.8, 4) is 0 Å². The van der Waals surface area contributed by atoms with E-state index in [4.69, 9.17) is 0 Å². The molecule has 0 aromatic carbocycles. The molecule has 0 atom stereocenters. The first kappa shape index (κ1) is 21.2. The first-order chi connectivity index (χ1) is 6.71. The molecule has 102 valence electrons. The maximum absolute atomic E-state index is 13.5. The lowest BCUT2D eigenvalue weighted by atomic mass is 9.80. The first-order valence-electron chi connectivity index (χ1n) is 6.09. The zero-order valence-electron chi connectivity index (χ0n) is 11.7. The number of halogens is 2. The molecule has 0 aromatic heterocycles. The van der Waals surface area contributed by atoms with Gasteiger partial charge in [0.1, 0.15) is 0 Å². The van der Waals surface area contributed by atoms with Crippen molar-refractivity contribution < 1.29 is 8.78 Å². The molecule has 0 heterocycles. The zero-order chi connectivity index (χ0) is 12.9. The largest absolute Gasteiger partial charge is 0.258 e. The topological polar surface area (TPSA) is 0 Å². The van der Waals surface area contributed by atoms with Crippen molar-refractivity contribution in [2.45, 2.75) is 81.6 Å². The van der Waals surface area contributed by atoms with E-state index < -0.39 is 16.8 Å². The van der Waals surface area contributed by atoms with Gasteiger partial charge in [-0.25, -0.2) is 8.78 Å². The molecule has 1 fully saturated rings. The van der Waals surface area contributed by atoms with Gasteiger partial charge in [0, 0.05) is 10.8 Å². The summed E-state index contributed by atoms with van der Waals surface area (Å²) < 4.78 is 27.0. The fourth-order valence-corrected chi connectivity index (χ4v) is 1.86. The molecular formula is C14H32F2. The number of hydrogen-bond acceptors (Lipinski definition) is 0. The normalized spacial score (nSPS) is 22.9. The zero-order valence-corrected chi connectivity index (χ0v) is 11.7. The molecule has 0 aliphatic heterocycles. The van der Waals surface area contributed by atoms with E-state index in [0.29, 0.717) is 12.8 Å². The van der Waals surface area contributed by atoms with Crippen LogP contribution in [0.5, 0.6) is 0 Å². The summed E-state index contributed by atoms with van der Waals surface area (Å²) in [4.78, 5) is 0. The third-order valence-electron chi connectivity index (χ3n) is 3.07. The Hall–Kier alpha value is -0.140. The van der Waals surface area contributed by atoms with Crippen LogP contribution in [0.2, 0.25) is 0 Å². The Balaban J connectivity index is -0.000000305. The monoisotopic (exact) mass is 238 g/mol. The van der Waals surface area contributed by atoms with E-state index in [9.17, 15) is 8.78 Å². The quantitative estimate of drug-likeness (QED) is 0.474. The standard InChI is InChI=1S/C9H16F2.2C2H6.CH4/c1-7(2)5-6-8(3,4)9(7,10)11;2*1-2;/h5-6H2,1-4H3;2*1-2H3;1H4. The van der Waals surface area contributed by atoms with Gasteiger partial charge in [-0.1, -0.05) is 62.8 Å². The van der Waals surface area contributed by atoms with E-state index in [-0.39, 0.29) is 7.43 Å². The lowest BCUT2D eigenvalue weighted by Crippen LogP contribution is -2.40. The minimum Gasteiger partial charge on any atom is -0.206 e. The molecule has 2 heteroatoms. The van der Waals surface area contributed by atoms with E-state index in [1.807, 2.05) is 27.7 Å². The van der Waals surface area contributed by atoms with Crippen LogP contribution in [0.4, 0.5) is 8.78 Å². The fraction of sp³-hybridized carbons (Fsp3) is 1.00. The van der Waals surface area contributed by atoms with Crippen LogP contribution in [0.3, 0.4) is 0 Å². The molecule has 0 nitrogen and oxygen atoms in total. The molecule has 0 saturated heterocycles. The Labute approximate surface area is 102 Å². The van der Waals surface area contributed by atoms with Crippen molar-refractivity contribution in [1.29, 1.82) is 0 Å². The molecule has 1 aliphatic carbocycles. The number of alkyl halides is 2. The maximum atomic E-state index is 13.5. The maximum Gasteiger partial charge on any atom is 0.258 e. The second-order valence-corrected chi connectivity index (χ2v) is 4.84. The van der Waals surface area contributed by atoms with Gasteiger partial charge < -0.3 is 0 Å². The Kier molecular flexibility index (Phi) is 9.58. The number of hydrogen-bond donors (Lipinski definition) is 0. The summed E-state index contributed by atoms with van der Waals surface area (Å²) in [6, 6.07) is 0. The van der Waals surface area contributed by atoms with Crippen LogP contribution in [0.25, 0.3) is 0 Å². The third-order valence-corrected chi connectivity index (χ3v) is 3.07. The predicted octanol–water partition coefficient (Wildman–Crippen LogP) is 6.16. The molecule has 0 spiro atoms. The average molecular weight is 238 g/mol. The molecule has 0 aromatic rings. The van der Waals surface area contributed by atoms with Gasteiger partial charge in [0.15, 0.2) is 0 Å². The molecule has 0 unspecified atom stereocenters. The van der Waals surface area contributed by atoms with E-state index in [0.717, 1.165) is 0 Å². The van der Waals surface area contributed by atoms with Crippen LogP contribution < -0.4 is 0 Å². The van der Waals surface area contributed by atoms with Gasteiger partial charge in [-0.05, 0) is 12.8 Å². The highest BCUT2D eigenvalue weighted by Gasteiger charge is 2.61. The van der Waals surface area contributed by atoms with Gasteiger partial charge >= 0.3 is 0 Å². The molecule has 0 N–H and O–H groups in total. The summed E-state index contributed by atoms with van der Waals surface area (Å²) in [5, 5.41) is 0. The van der Waals surface area contributed by atoms with Crippen molar-refractivity contribution in [3.05, 3.63) is 0 Å². The summed E-state index contributed by atoms with van der Waals surface area (Å²) in [6.07, 6.45) is 1.26. The second-order valence-electron chi connectivity index (χ2n) is 4.84. The van der Waals surface area contributed by atoms with Crippen molar-refractivity contribution in [2.75, 3.05) is 0 Å². The molecular weight excluding hydrogens is 206 g/mol. The molecule has 0 bridgehead atoms. The van der Waals surface area contributed by atoms with Gasteiger partial charge in [-0.3, -0.25) is 0 Å². The molecule has 0 amide bonds. The predicted molar refractivity (Wildman–Crippen MR) is 71.2 cm³/mol. The van der Waals surface area contributed by atoms with Crippen LogP contribution in [0.15, 0.2) is 0 Å². The van der Waals surface area contributed by atoms with Gasteiger partial charge in [-0.2, -0.15) is 0 Å².